The summed E-state index contributed by atoms with van der Waals surface area (Å²) >= 11 is 0. The Kier molecular flexibility index (Phi) is 5.23. The summed E-state index contributed by atoms with van der Waals surface area (Å²) in [5.74, 6) is 0.654. The molecule has 1 amide bonds. The van der Waals surface area contributed by atoms with Crippen LogP contribution in [-0.2, 0) is 11.2 Å². The van der Waals surface area contributed by atoms with Gasteiger partial charge in [-0.15, -0.1) is 0 Å². The highest BCUT2D eigenvalue weighted by molar-refractivity contribution is 5.80. The number of fused-ring (bicyclic) bond motifs is 1. The number of aliphatic hydroxyl groups is 1. The molecule has 2 atom stereocenters. The van der Waals surface area contributed by atoms with Gasteiger partial charge in [0.15, 0.2) is 6.10 Å². The van der Waals surface area contributed by atoms with Gasteiger partial charge in [0.2, 0.25) is 0 Å². The van der Waals surface area contributed by atoms with Crippen LogP contribution in [0.25, 0.3) is 0 Å². The molecule has 2 rings (SSSR count). The van der Waals surface area contributed by atoms with E-state index in [4.69, 9.17) is 4.74 Å². The fourth-order valence-electron chi connectivity index (χ4n) is 2.87. The van der Waals surface area contributed by atoms with Gasteiger partial charge in [-0.3, -0.25) is 4.79 Å². The van der Waals surface area contributed by atoms with Crippen molar-refractivity contribution in [3.05, 3.63) is 29.3 Å². The molecule has 116 valence electrons. The monoisotopic (exact) mass is 291 g/mol. The molecule has 0 fully saturated rings. The fraction of sp³-hybridized carbons (Fsp3) is 0.588. The van der Waals surface area contributed by atoms with Gasteiger partial charge in [-0.25, -0.2) is 0 Å². The number of aryl methyl sites for hydroxylation is 1. The number of carbonyl (C=O) groups excluding carboxylic acids is 1. The van der Waals surface area contributed by atoms with E-state index in [1.54, 1.807) is 11.8 Å². The van der Waals surface area contributed by atoms with E-state index in [2.05, 4.69) is 0 Å². The van der Waals surface area contributed by atoms with Crippen LogP contribution in [0.5, 0.6) is 5.75 Å². The number of aliphatic hydroxyl groups excluding tert-OH is 1. The summed E-state index contributed by atoms with van der Waals surface area (Å²) in [5.41, 5.74) is 2.13. The molecular weight excluding hydrogens is 266 g/mol. The van der Waals surface area contributed by atoms with Gasteiger partial charge >= 0.3 is 0 Å². The molecular formula is C17H25NO3. The minimum absolute atomic E-state index is 0.00160. The molecule has 0 heterocycles. The van der Waals surface area contributed by atoms with E-state index < -0.39 is 12.2 Å². The zero-order valence-electron chi connectivity index (χ0n) is 13.1. The molecule has 1 N–H and O–H groups in total. The van der Waals surface area contributed by atoms with Gasteiger partial charge in [0, 0.05) is 13.1 Å². The third-order valence-corrected chi connectivity index (χ3v) is 4.14. The van der Waals surface area contributed by atoms with E-state index in [-0.39, 0.29) is 5.91 Å². The van der Waals surface area contributed by atoms with Crippen LogP contribution in [0.1, 0.15) is 50.8 Å². The average molecular weight is 291 g/mol. The molecule has 0 bridgehead atoms. The molecule has 0 saturated carbocycles. The predicted molar refractivity (Wildman–Crippen MR) is 82.4 cm³/mol. The molecule has 1 aromatic rings. The van der Waals surface area contributed by atoms with Crippen molar-refractivity contribution in [2.75, 3.05) is 13.1 Å². The first-order valence-electron chi connectivity index (χ1n) is 7.83. The molecule has 1 aliphatic carbocycles. The number of benzene rings is 1. The molecule has 0 saturated heterocycles. The Hall–Kier alpha value is -1.55. The first kappa shape index (κ1) is 15.8. The molecule has 0 radical (unpaired) electrons. The minimum atomic E-state index is -0.510. The third-order valence-electron chi connectivity index (χ3n) is 4.14. The molecule has 2 unspecified atom stereocenters. The van der Waals surface area contributed by atoms with E-state index >= 15 is 0 Å². The molecule has 4 heteroatoms. The van der Waals surface area contributed by atoms with Gasteiger partial charge in [-0.1, -0.05) is 6.07 Å². The number of carbonyl (C=O) groups is 1. The average Bonchev–Trinajstić information content (AvgIpc) is 2.49. The maximum atomic E-state index is 12.2. The van der Waals surface area contributed by atoms with Gasteiger partial charge in [0.05, 0.1) is 6.10 Å². The Morgan fingerprint density at radius 2 is 2.14 bits per heavy atom. The van der Waals surface area contributed by atoms with Crippen LogP contribution in [-0.4, -0.2) is 35.1 Å². The van der Waals surface area contributed by atoms with Crippen molar-refractivity contribution in [2.24, 2.45) is 0 Å². The Balaban J connectivity index is 2.09. The summed E-state index contributed by atoms with van der Waals surface area (Å²) in [6.07, 6.45) is 1.89. The zero-order chi connectivity index (χ0) is 15.4. The van der Waals surface area contributed by atoms with E-state index in [1.807, 2.05) is 32.0 Å². The Morgan fingerprint density at radius 1 is 1.43 bits per heavy atom. The fourth-order valence-corrected chi connectivity index (χ4v) is 2.87. The van der Waals surface area contributed by atoms with Crippen molar-refractivity contribution in [1.82, 2.24) is 4.90 Å². The van der Waals surface area contributed by atoms with Gasteiger partial charge in [-0.2, -0.15) is 0 Å². The smallest absolute Gasteiger partial charge is 0.263 e. The van der Waals surface area contributed by atoms with Crippen molar-refractivity contribution in [3.63, 3.8) is 0 Å². The third kappa shape index (κ3) is 3.56. The lowest BCUT2D eigenvalue weighted by atomic mass is 9.89. The van der Waals surface area contributed by atoms with Gasteiger partial charge < -0.3 is 14.7 Å². The molecule has 0 aromatic heterocycles. The number of ether oxygens (including phenoxy) is 1. The van der Waals surface area contributed by atoms with E-state index in [0.29, 0.717) is 18.8 Å². The summed E-state index contributed by atoms with van der Waals surface area (Å²) < 4.78 is 5.77. The first-order valence-corrected chi connectivity index (χ1v) is 7.83. The number of hydrogen-bond acceptors (Lipinski definition) is 3. The molecule has 21 heavy (non-hydrogen) atoms. The number of amides is 1. The largest absolute Gasteiger partial charge is 0.481 e. The number of nitrogens with zero attached hydrogens (tertiary/aromatic N) is 1. The SMILES string of the molecule is CCN(CC)C(=O)C(C)Oc1ccc2c(c1)C(O)CCC2. The van der Waals surface area contributed by atoms with Gasteiger partial charge in [-0.05, 0) is 63.3 Å². The maximum Gasteiger partial charge on any atom is 0.263 e. The zero-order valence-corrected chi connectivity index (χ0v) is 13.1. The summed E-state index contributed by atoms with van der Waals surface area (Å²) in [6.45, 7) is 7.07. The molecule has 4 nitrogen and oxygen atoms in total. The maximum absolute atomic E-state index is 12.2. The van der Waals surface area contributed by atoms with Crippen molar-refractivity contribution in [2.45, 2.75) is 52.2 Å². The lowest BCUT2D eigenvalue weighted by Crippen LogP contribution is -2.40. The first-order chi connectivity index (χ1) is 10.1. The van der Waals surface area contributed by atoms with Crippen LogP contribution in [0.4, 0.5) is 0 Å². The van der Waals surface area contributed by atoms with Crippen LogP contribution in [0.2, 0.25) is 0 Å². The second-order valence-electron chi connectivity index (χ2n) is 5.54. The van der Waals surface area contributed by atoms with Crippen molar-refractivity contribution >= 4 is 5.91 Å². The molecule has 0 aliphatic heterocycles. The molecule has 1 aromatic carbocycles. The normalized spacial score (nSPS) is 18.8. The summed E-state index contributed by atoms with van der Waals surface area (Å²) in [5, 5.41) is 10.1. The standard InChI is InChI=1S/C17H25NO3/c1-4-18(5-2)17(20)12(3)21-14-10-9-13-7-6-8-16(19)15(13)11-14/h9-12,16,19H,4-8H2,1-3H3. The second kappa shape index (κ2) is 6.94. The quantitative estimate of drug-likeness (QED) is 0.907. The predicted octanol–water partition coefficient (Wildman–Crippen LogP) is 2.69. The van der Waals surface area contributed by atoms with Gasteiger partial charge in [0.25, 0.3) is 5.91 Å². The molecule has 1 aliphatic rings. The Morgan fingerprint density at radius 3 is 2.81 bits per heavy atom. The molecule has 0 spiro atoms. The van der Waals surface area contributed by atoms with E-state index in [0.717, 1.165) is 24.8 Å². The highest BCUT2D eigenvalue weighted by atomic mass is 16.5. The Bertz CT molecular complexity index is 497. The second-order valence-corrected chi connectivity index (χ2v) is 5.54. The van der Waals surface area contributed by atoms with Crippen LogP contribution in [0.3, 0.4) is 0 Å². The van der Waals surface area contributed by atoms with E-state index in [1.165, 1.54) is 5.56 Å². The van der Waals surface area contributed by atoms with Crippen molar-refractivity contribution in [1.29, 1.82) is 0 Å². The van der Waals surface area contributed by atoms with Crippen LogP contribution in [0.15, 0.2) is 18.2 Å². The van der Waals surface area contributed by atoms with Gasteiger partial charge in [0.1, 0.15) is 5.75 Å². The Labute approximate surface area is 126 Å². The van der Waals surface area contributed by atoms with Crippen molar-refractivity contribution < 1.29 is 14.6 Å². The summed E-state index contributed by atoms with van der Waals surface area (Å²) in [4.78, 5) is 14.0. The highest BCUT2D eigenvalue weighted by Gasteiger charge is 2.22. The lowest BCUT2D eigenvalue weighted by molar-refractivity contribution is -0.137. The minimum Gasteiger partial charge on any atom is -0.481 e. The summed E-state index contributed by atoms with van der Waals surface area (Å²) in [7, 11) is 0. The number of rotatable bonds is 5. The number of likely N-dealkylation sites (N-methyl/N-ethyl adjacent to an activating group) is 1. The highest BCUT2D eigenvalue weighted by Crippen LogP contribution is 2.32. The van der Waals surface area contributed by atoms with Crippen molar-refractivity contribution in [3.8, 4) is 5.75 Å². The van der Waals surface area contributed by atoms with Crippen LogP contribution < -0.4 is 4.74 Å². The topological polar surface area (TPSA) is 49.8 Å². The van der Waals surface area contributed by atoms with E-state index in [9.17, 15) is 9.90 Å². The summed E-state index contributed by atoms with van der Waals surface area (Å²) in [6, 6.07) is 5.77. The number of hydrogen-bond donors (Lipinski definition) is 1. The van der Waals surface area contributed by atoms with Crippen LogP contribution in [0, 0.1) is 0 Å². The lowest BCUT2D eigenvalue weighted by Gasteiger charge is -2.25. The van der Waals surface area contributed by atoms with Crippen LogP contribution >= 0.6 is 0 Å².